The lowest BCUT2D eigenvalue weighted by Crippen LogP contribution is -2.33. The van der Waals surface area contributed by atoms with E-state index in [2.05, 4.69) is 15.0 Å². The van der Waals surface area contributed by atoms with Gasteiger partial charge in [-0.3, -0.25) is 9.36 Å². The highest BCUT2D eigenvalue weighted by Gasteiger charge is 2.31. The third-order valence-electron chi connectivity index (χ3n) is 5.51. The summed E-state index contributed by atoms with van der Waals surface area (Å²) in [6.45, 7) is 1.59. The van der Waals surface area contributed by atoms with Gasteiger partial charge in [0.1, 0.15) is 10.6 Å². The van der Waals surface area contributed by atoms with Crippen molar-refractivity contribution in [2.24, 2.45) is 0 Å². The maximum absolute atomic E-state index is 13.0. The van der Waals surface area contributed by atoms with Gasteiger partial charge >= 0.3 is 6.36 Å². The molecule has 4 rings (SSSR count). The average molecular weight is 468 g/mol. The second kappa shape index (κ2) is 9.60. The molecule has 1 N–H and O–H groups in total. The molecule has 0 amide bonds. The van der Waals surface area contributed by atoms with E-state index in [1.807, 2.05) is 0 Å². The standard InChI is InChI=1S/C22H24F3N3O3S/c1-30-9-3-8-28-13-27-20-19(21(28)29)17-7-6-15(11-18(17)32-20)26-12-14-4-2-5-16(10-14)31-22(23,24)25/h2,4-5,10,13,15,26H,3,6-9,11-12H2,1H3. The molecule has 1 aliphatic carbocycles. The maximum Gasteiger partial charge on any atom is 0.573 e. The number of methoxy groups -OCH3 is 1. The van der Waals surface area contributed by atoms with E-state index in [1.54, 1.807) is 41.5 Å². The van der Waals surface area contributed by atoms with Gasteiger partial charge in [-0.2, -0.15) is 0 Å². The molecule has 0 spiro atoms. The van der Waals surface area contributed by atoms with Crippen LogP contribution in [0.4, 0.5) is 13.2 Å². The quantitative estimate of drug-likeness (QED) is 0.507. The van der Waals surface area contributed by atoms with Gasteiger partial charge in [-0.05, 0) is 48.9 Å². The molecule has 1 atom stereocenters. The summed E-state index contributed by atoms with van der Waals surface area (Å²) in [7, 11) is 1.64. The Hall–Kier alpha value is -2.43. The van der Waals surface area contributed by atoms with Crippen molar-refractivity contribution in [3.63, 3.8) is 0 Å². The number of benzene rings is 1. The molecule has 3 aromatic rings. The van der Waals surface area contributed by atoms with Crippen molar-refractivity contribution in [2.75, 3.05) is 13.7 Å². The van der Waals surface area contributed by atoms with Crippen LogP contribution in [-0.2, 0) is 30.7 Å². The summed E-state index contributed by atoms with van der Waals surface area (Å²) < 4.78 is 48.0. The lowest BCUT2D eigenvalue weighted by atomic mass is 9.93. The first-order valence-electron chi connectivity index (χ1n) is 10.4. The molecule has 0 fully saturated rings. The number of alkyl halides is 3. The Morgan fingerprint density at radius 1 is 1.34 bits per heavy atom. The minimum absolute atomic E-state index is 0.00325. The van der Waals surface area contributed by atoms with Crippen LogP contribution in [0, 0.1) is 0 Å². The van der Waals surface area contributed by atoms with Gasteiger partial charge in [0.25, 0.3) is 5.56 Å². The zero-order chi connectivity index (χ0) is 22.7. The third-order valence-corrected chi connectivity index (χ3v) is 6.67. The van der Waals surface area contributed by atoms with Gasteiger partial charge < -0.3 is 14.8 Å². The predicted molar refractivity (Wildman–Crippen MR) is 116 cm³/mol. The van der Waals surface area contributed by atoms with Crippen LogP contribution in [0.25, 0.3) is 10.2 Å². The van der Waals surface area contributed by atoms with E-state index in [4.69, 9.17) is 4.74 Å². The zero-order valence-electron chi connectivity index (χ0n) is 17.6. The Kier molecular flexibility index (Phi) is 6.82. The van der Waals surface area contributed by atoms with Crippen molar-refractivity contribution < 1.29 is 22.6 Å². The first kappa shape index (κ1) is 22.8. The van der Waals surface area contributed by atoms with E-state index in [-0.39, 0.29) is 17.4 Å². The van der Waals surface area contributed by atoms with E-state index in [1.165, 1.54) is 12.1 Å². The van der Waals surface area contributed by atoms with E-state index >= 15 is 0 Å². The molecule has 172 valence electrons. The Bertz CT molecular complexity index is 1140. The number of hydrogen-bond donors (Lipinski definition) is 1. The van der Waals surface area contributed by atoms with Crippen LogP contribution in [0.3, 0.4) is 0 Å². The molecule has 2 aromatic heterocycles. The van der Waals surface area contributed by atoms with Gasteiger partial charge in [-0.25, -0.2) is 4.98 Å². The first-order valence-corrected chi connectivity index (χ1v) is 11.2. The van der Waals surface area contributed by atoms with E-state index in [0.29, 0.717) is 19.7 Å². The molecule has 0 bridgehead atoms. The molecule has 10 heteroatoms. The topological polar surface area (TPSA) is 65.4 Å². The smallest absolute Gasteiger partial charge is 0.406 e. The minimum Gasteiger partial charge on any atom is -0.406 e. The number of halogens is 3. The molecule has 2 heterocycles. The SMILES string of the molecule is COCCCn1cnc2sc3c(c2c1=O)CCC(NCc1cccc(OC(F)(F)F)c1)C3. The predicted octanol–water partition coefficient (Wildman–Crippen LogP) is 4.04. The van der Waals surface area contributed by atoms with Gasteiger partial charge in [-0.15, -0.1) is 24.5 Å². The minimum atomic E-state index is -4.70. The molecule has 6 nitrogen and oxygen atoms in total. The number of nitrogens with zero attached hydrogens (tertiary/aromatic N) is 2. The van der Waals surface area contributed by atoms with Crippen molar-refractivity contribution in [3.05, 3.63) is 57.0 Å². The summed E-state index contributed by atoms with van der Waals surface area (Å²) in [4.78, 5) is 19.4. The van der Waals surface area contributed by atoms with Crippen LogP contribution in [0.15, 0.2) is 35.4 Å². The van der Waals surface area contributed by atoms with E-state index in [9.17, 15) is 18.0 Å². The number of nitrogens with one attached hydrogen (secondary N) is 1. The Labute approximate surface area is 187 Å². The van der Waals surface area contributed by atoms with Gasteiger partial charge in [0.05, 0.1) is 11.7 Å². The summed E-state index contributed by atoms with van der Waals surface area (Å²) in [6.07, 6.45) is 0.0194. The van der Waals surface area contributed by atoms with Crippen molar-refractivity contribution in [3.8, 4) is 5.75 Å². The number of rotatable bonds is 8. The Morgan fingerprint density at radius 2 is 2.19 bits per heavy atom. The Balaban J connectivity index is 1.43. The fourth-order valence-electron chi connectivity index (χ4n) is 4.03. The number of aromatic nitrogens is 2. The van der Waals surface area contributed by atoms with Gasteiger partial charge in [0.15, 0.2) is 0 Å². The Morgan fingerprint density at radius 3 is 2.97 bits per heavy atom. The zero-order valence-corrected chi connectivity index (χ0v) is 18.4. The highest BCUT2D eigenvalue weighted by atomic mass is 32.1. The highest BCUT2D eigenvalue weighted by molar-refractivity contribution is 7.18. The number of aryl methyl sites for hydroxylation is 2. The summed E-state index contributed by atoms with van der Waals surface area (Å²) in [5.74, 6) is -0.222. The van der Waals surface area contributed by atoms with Crippen molar-refractivity contribution in [1.82, 2.24) is 14.9 Å². The van der Waals surface area contributed by atoms with Crippen LogP contribution in [0.2, 0.25) is 0 Å². The molecule has 0 saturated heterocycles. The van der Waals surface area contributed by atoms with Crippen molar-refractivity contribution in [2.45, 2.75) is 51.2 Å². The third kappa shape index (κ3) is 5.31. The van der Waals surface area contributed by atoms with Gasteiger partial charge in [0, 0.05) is 37.7 Å². The summed E-state index contributed by atoms with van der Waals surface area (Å²) in [6, 6.07) is 6.17. The summed E-state index contributed by atoms with van der Waals surface area (Å²) >= 11 is 1.55. The molecule has 1 aliphatic rings. The van der Waals surface area contributed by atoms with Gasteiger partial charge in [0.2, 0.25) is 0 Å². The first-order chi connectivity index (χ1) is 15.3. The lowest BCUT2D eigenvalue weighted by molar-refractivity contribution is -0.274. The number of fused-ring (bicyclic) bond motifs is 3. The number of thiophene rings is 1. The molecule has 1 aromatic carbocycles. The highest BCUT2D eigenvalue weighted by Crippen LogP contribution is 2.34. The largest absolute Gasteiger partial charge is 0.573 e. The van der Waals surface area contributed by atoms with Crippen LogP contribution in [0.5, 0.6) is 5.75 Å². The van der Waals surface area contributed by atoms with Gasteiger partial charge in [-0.1, -0.05) is 12.1 Å². The van der Waals surface area contributed by atoms with Crippen LogP contribution < -0.4 is 15.6 Å². The number of ether oxygens (including phenoxy) is 2. The molecular formula is C22H24F3N3O3S. The van der Waals surface area contributed by atoms with E-state index in [0.717, 1.165) is 51.9 Å². The summed E-state index contributed by atoms with van der Waals surface area (Å²) in [5.41, 5.74) is 1.80. The molecule has 1 unspecified atom stereocenters. The molecule has 32 heavy (non-hydrogen) atoms. The number of hydrogen-bond acceptors (Lipinski definition) is 6. The second-order valence-electron chi connectivity index (χ2n) is 7.79. The van der Waals surface area contributed by atoms with Crippen LogP contribution >= 0.6 is 11.3 Å². The molecular weight excluding hydrogens is 443 g/mol. The average Bonchev–Trinajstić information content (AvgIpc) is 3.11. The molecule has 0 aliphatic heterocycles. The molecule has 0 radical (unpaired) electrons. The van der Waals surface area contributed by atoms with Crippen LogP contribution in [0.1, 0.15) is 28.8 Å². The second-order valence-corrected chi connectivity index (χ2v) is 8.87. The fourth-order valence-corrected chi connectivity index (χ4v) is 5.29. The lowest BCUT2D eigenvalue weighted by Gasteiger charge is -2.23. The van der Waals surface area contributed by atoms with E-state index < -0.39 is 6.36 Å². The normalized spacial score (nSPS) is 16.3. The monoisotopic (exact) mass is 467 g/mol. The van der Waals surface area contributed by atoms with Crippen LogP contribution in [-0.4, -0.2) is 35.7 Å². The molecule has 0 saturated carbocycles. The van der Waals surface area contributed by atoms with Crippen molar-refractivity contribution in [1.29, 1.82) is 0 Å². The fraction of sp³-hybridized carbons (Fsp3) is 0.455. The van der Waals surface area contributed by atoms with Crippen molar-refractivity contribution >= 4 is 21.6 Å². The maximum atomic E-state index is 13.0. The summed E-state index contributed by atoms with van der Waals surface area (Å²) in [5, 5.41) is 4.15.